The molecule has 170 valence electrons. The molecule has 1 N–H and O–H groups in total. The van der Waals surface area contributed by atoms with Gasteiger partial charge in [0.25, 0.3) is 5.91 Å². The average Bonchev–Trinajstić information content (AvgIpc) is 3.35. The predicted octanol–water partition coefficient (Wildman–Crippen LogP) is 4.94. The molecule has 0 aliphatic rings. The third-order valence-electron chi connectivity index (χ3n) is 4.84. The van der Waals surface area contributed by atoms with Crippen LogP contribution in [-0.2, 0) is 9.59 Å². The summed E-state index contributed by atoms with van der Waals surface area (Å²) in [6.45, 7) is 4.16. The highest BCUT2D eigenvalue weighted by Crippen LogP contribution is 2.21. The lowest BCUT2D eigenvalue weighted by Crippen LogP contribution is -2.24. The summed E-state index contributed by atoms with van der Waals surface area (Å²) in [7, 11) is 0. The van der Waals surface area contributed by atoms with Crippen molar-refractivity contribution in [2.75, 3.05) is 6.61 Å². The number of amides is 1. The Bertz CT molecular complexity index is 1100. The highest BCUT2D eigenvalue weighted by Gasteiger charge is 2.05. The second kappa shape index (κ2) is 12.0. The van der Waals surface area contributed by atoms with E-state index in [0.717, 1.165) is 6.42 Å². The van der Waals surface area contributed by atoms with E-state index in [-0.39, 0.29) is 12.5 Å². The molecule has 7 heteroatoms. The van der Waals surface area contributed by atoms with Crippen LogP contribution in [0.5, 0.6) is 11.5 Å². The van der Waals surface area contributed by atoms with Crippen LogP contribution in [0.1, 0.15) is 43.1 Å². The minimum Gasteiger partial charge on any atom is -0.484 e. The Labute approximate surface area is 192 Å². The second-order valence-corrected chi connectivity index (χ2v) is 7.30. The fourth-order valence-corrected chi connectivity index (χ4v) is 2.83. The monoisotopic (exact) mass is 446 g/mol. The summed E-state index contributed by atoms with van der Waals surface area (Å²) in [6.07, 6.45) is 6.83. The maximum absolute atomic E-state index is 12.0. The number of nitrogens with zero attached hydrogens (tertiary/aromatic N) is 1. The first-order valence-electron chi connectivity index (χ1n) is 10.6. The van der Waals surface area contributed by atoms with Crippen LogP contribution >= 0.6 is 0 Å². The number of carbonyl (C=O) groups excluding carboxylic acids is 2. The number of furan rings is 1. The molecular weight excluding hydrogens is 420 g/mol. The van der Waals surface area contributed by atoms with Gasteiger partial charge >= 0.3 is 5.97 Å². The number of ether oxygens (including phenoxy) is 2. The van der Waals surface area contributed by atoms with E-state index in [9.17, 15) is 9.59 Å². The zero-order valence-corrected chi connectivity index (χ0v) is 18.6. The van der Waals surface area contributed by atoms with Gasteiger partial charge in [-0.25, -0.2) is 10.2 Å². The van der Waals surface area contributed by atoms with Crippen molar-refractivity contribution >= 4 is 24.2 Å². The van der Waals surface area contributed by atoms with Crippen LogP contribution < -0.4 is 14.9 Å². The van der Waals surface area contributed by atoms with E-state index in [4.69, 9.17) is 13.9 Å². The summed E-state index contributed by atoms with van der Waals surface area (Å²) in [5.41, 5.74) is 4.30. The zero-order valence-electron chi connectivity index (χ0n) is 18.6. The van der Waals surface area contributed by atoms with E-state index in [1.54, 1.807) is 36.4 Å². The molecule has 0 radical (unpaired) electrons. The molecule has 1 unspecified atom stereocenters. The Balaban J connectivity index is 1.45. The van der Waals surface area contributed by atoms with Crippen molar-refractivity contribution in [2.24, 2.45) is 5.10 Å². The van der Waals surface area contributed by atoms with Crippen molar-refractivity contribution in [3.8, 4) is 11.5 Å². The average molecular weight is 447 g/mol. The van der Waals surface area contributed by atoms with Gasteiger partial charge in [-0.2, -0.15) is 5.10 Å². The van der Waals surface area contributed by atoms with Crippen LogP contribution in [0.15, 0.2) is 82.5 Å². The van der Waals surface area contributed by atoms with Gasteiger partial charge in [-0.05, 0) is 65.9 Å². The standard InChI is InChI=1S/C26H26N2O5/c1-3-19(2)21-9-11-23(12-10-21)32-18-25(29)28-27-17-20-6-4-7-24(16-20)33-26(30)14-13-22-8-5-15-31-22/h4-17,19H,3,18H2,1-2H3,(H,28,29)/b14-13+,27-17+. The first kappa shape index (κ1) is 23.5. The van der Waals surface area contributed by atoms with E-state index in [1.807, 2.05) is 24.3 Å². The molecule has 0 saturated heterocycles. The van der Waals surface area contributed by atoms with Gasteiger partial charge in [-0.15, -0.1) is 0 Å². The third-order valence-corrected chi connectivity index (χ3v) is 4.84. The second-order valence-electron chi connectivity index (χ2n) is 7.30. The van der Waals surface area contributed by atoms with E-state index in [2.05, 4.69) is 24.4 Å². The summed E-state index contributed by atoms with van der Waals surface area (Å²) in [5.74, 6) is 1.08. The lowest BCUT2D eigenvalue weighted by molar-refractivity contribution is -0.129. The van der Waals surface area contributed by atoms with Gasteiger partial charge in [0.1, 0.15) is 17.3 Å². The highest BCUT2D eigenvalue weighted by molar-refractivity contribution is 5.89. The van der Waals surface area contributed by atoms with Crippen LogP contribution in [0.3, 0.4) is 0 Å². The number of rotatable bonds is 10. The summed E-state index contributed by atoms with van der Waals surface area (Å²) >= 11 is 0. The molecule has 3 rings (SSSR count). The van der Waals surface area contributed by atoms with Crippen LogP contribution in [-0.4, -0.2) is 24.7 Å². The van der Waals surface area contributed by atoms with Crippen molar-refractivity contribution < 1.29 is 23.5 Å². The van der Waals surface area contributed by atoms with Crippen LogP contribution in [0.2, 0.25) is 0 Å². The van der Waals surface area contributed by atoms with Crippen LogP contribution in [0.25, 0.3) is 6.08 Å². The highest BCUT2D eigenvalue weighted by atomic mass is 16.5. The predicted molar refractivity (Wildman–Crippen MR) is 126 cm³/mol. The number of hydrazone groups is 1. The van der Waals surface area contributed by atoms with Crippen LogP contribution in [0, 0.1) is 0 Å². The number of hydrogen-bond donors (Lipinski definition) is 1. The Morgan fingerprint density at radius 1 is 1.09 bits per heavy atom. The van der Waals surface area contributed by atoms with E-state index in [1.165, 1.54) is 30.2 Å². The number of carbonyl (C=O) groups is 2. The number of benzene rings is 2. The minimum atomic E-state index is -0.539. The van der Waals surface area contributed by atoms with E-state index >= 15 is 0 Å². The summed E-state index contributed by atoms with van der Waals surface area (Å²) in [4.78, 5) is 23.9. The quantitative estimate of drug-likeness (QED) is 0.157. The first-order chi connectivity index (χ1) is 16.0. The molecule has 1 aromatic heterocycles. The smallest absolute Gasteiger partial charge is 0.336 e. The summed E-state index contributed by atoms with van der Waals surface area (Å²) < 4.78 is 15.9. The topological polar surface area (TPSA) is 90.1 Å². The number of esters is 1. The Morgan fingerprint density at radius 3 is 2.64 bits per heavy atom. The fourth-order valence-electron chi connectivity index (χ4n) is 2.83. The lowest BCUT2D eigenvalue weighted by atomic mass is 9.99. The normalized spacial score (nSPS) is 12.1. The Morgan fingerprint density at radius 2 is 1.91 bits per heavy atom. The maximum Gasteiger partial charge on any atom is 0.336 e. The molecule has 7 nitrogen and oxygen atoms in total. The zero-order chi connectivity index (χ0) is 23.5. The van der Waals surface area contributed by atoms with Crippen molar-refractivity contribution in [2.45, 2.75) is 26.2 Å². The van der Waals surface area contributed by atoms with Gasteiger partial charge in [-0.3, -0.25) is 4.79 Å². The molecule has 1 amide bonds. The van der Waals surface area contributed by atoms with Crippen molar-refractivity contribution in [3.05, 3.63) is 89.9 Å². The summed E-state index contributed by atoms with van der Waals surface area (Å²) in [6, 6.07) is 17.9. The Kier molecular flexibility index (Phi) is 8.59. The van der Waals surface area contributed by atoms with Crippen LogP contribution in [0.4, 0.5) is 0 Å². The Hall–Kier alpha value is -4.13. The van der Waals surface area contributed by atoms with Crippen molar-refractivity contribution in [1.29, 1.82) is 0 Å². The van der Waals surface area contributed by atoms with E-state index < -0.39 is 5.97 Å². The van der Waals surface area contributed by atoms with Crippen molar-refractivity contribution in [3.63, 3.8) is 0 Å². The fraction of sp³-hybridized carbons (Fsp3) is 0.192. The molecule has 1 atom stereocenters. The number of hydrogen-bond acceptors (Lipinski definition) is 6. The van der Waals surface area contributed by atoms with E-state index in [0.29, 0.717) is 28.7 Å². The largest absolute Gasteiger partial charge is 0.484 e. The lowest BCUT2D eigenvalue weighted by Gasteiger charge is -2.10. The molecule has 1 heterocycles. The molecule has 0 saturated carbocycles. The van der Waals surface area contributed by atoms with Gasteiger partial charge in [-0.1, -0.05) is 38.1 Å². The van der Waals surface area contributed by atoms with Gasteiger partial charge in [0.15, 0.2) is 6.61 Å². The molecule has 0 aliphatic carbocycles. The molecule has 33 heavy (non-hydrogen) atoms. The molecular formula is C26H26N2O5. The molecule has 0 aliphatic heterocycles. The first-order valence-corrected chi connectivity index (χ1v) is 10.6. The third kappa shape index (κ3) is 7.81. The molecule has 3 aromatic rings. The van der Waals surface area contributed by atoms with Crippen molar-refractivity contribution in [1.82, 2.24) is 5.43 Å². The minimum absolute atomic E-state index is 0.153. The summed E-state index contributed by atoms with van der Waals surface area (Å²) in [5, 5.41) is 3.92. The maximum atomic E-state index is 12.0. The molecule has 0 fully saturated rings. The van der Waals surface area contributed by atoms with Gasteiger partial charge in [0.2, 0.25) is 0 Å². The molecule has 2 aromatic carbocycles. The molecule has 0 bridgehead atoms. The SMILES string of the molecule is CCC(C)c1ccc(OCC(=O)N/N=C/c2cccc(OC(=O)/C=C/c3ccco3)c2)cc1. The van der Waals surface area contributed by atoms with Gasteiger partial charge in [0, 0.05) is 6.08 Å². The molecule has 0 spiro atoms. The van der Waals surface area contributed by atoms with Gasteiger partial charge < -0.3 is 13.9 Å². The van der Waals surface area contributed by atoms with Gasteiger partial charge in [0.05, 0.1) is 12.5 Å². The number of nitrogens with one attached hydrogen (secondary N) is 1.